The number of carbonyl (C=O) groups excluding carboxylic acids is 1. The molecule has 1 unspecified atom stereocenters. The van der Waals surface area contributed by atoms with Crippen LogP contribution in [0.4, 0.5) is 4.79 Å². The number of carbonyl (C=O) groups is 1. The van der Waals surface area contributed by atoms with Gasteiger partial charge in [0.1, 0.15) is 5.84 Å². The van der Waals surface area contributed by atoms with Crippen molar-refractivity contribution in [3.05, 3.63) is 0 Å². The van der Waals surface area contributed by atoms with Gasteiger partial charge in [-0.15, -0.1) is 0 Å². The number of rotatable bonds is 3. The van der Waals surface area contributed by atoms with Crippen molar-refractivity contribution < 1.29 is 4.79 Å². The van der Waals surface area contributed by atoms with Crippen molar-refractivity contribution in [1.29, 1.82) is 5.41 Å². The summed E-state index contributed by atoms with van der Waals surface area (Å²) in [5, 5.41) is 10.1. The standard InChI is InChI=1S/C9H17N3O/c1-4-12-7(5-6(2)3)8(10)11-9(12)13/h6-7H,4-5H2,1-3H3,(H2,10,11,13). The SMILES string of the molecule is CCN1C(=O)NC(=N)C1CC(C)C. The molecular formula is C9H17N3O. The quantitative estimate of drug-likeness (QED) is 0.683. The third-order valence-electron chi connectivity index (χ3n) is 2.25. The minimum Gasteiger partial charge on any atom is -0.315 e. The third kappa shape index (κ3) is 1.99. The number of hydrogen-bond acceptors (Lipinski definition) is 2. The summed E-state index contributed by atoms with van der Waals surface area (Å²) in [7, 11) is 0. The maximum absolute atomic E-state index is 11.3. The number of nitrogens with one attached hydrogen (secondary N) is 2. The maximum Gasteiger partial charge on any atom is 0.323 e. The Morgan fingerprint density at radius 2 is 2.23 bits per heavy atom. The fraction of sp³-hybridized carbons (Fsp3) is 0.778. The lowest BCUT2D eigenvalue weighted by molar-refractivity contribution is 0.204. The summed E-state index contributed by atoms with van der Waals surface area (Å²) in [5.74, 6) is 0.854. The van der Waals surface area contributed by atoms with Crippen molar-refractivity contribution in [3.63, 3.8) is 0 Å². The maximum atomic E-state index is 11.3. The average molecular weight is 183 g/mol. The molecule has 0 bridgehead atoms. The molecule has 2 amide bonds. The van der Waals surface area contributed by atoms with Crippen LogP contribution >= 0.6 is 0 Å². The Hall–Kier alpha value is -1.06. The molecule has 1 rings (SSSR count). The summed E-state index contributed by atoms with van der Waals surface area (Å²) in [6.45, 7) is 6.81. The van der Waals surface area contributed by atoms with Crippen LogP contribution in [0.5, 0.6) is 0 Å². The minimum atomic E-state index is -0.127. The van der Waals surface area contributed by atoms with Gasteiger partial charge in [-0.25, -0.2) is 4.79 Å². The van der Waals surface area contributed by atoms with E-state index in [0.717, 1.165) is 6.42 Å². The van der Waals surface area contributed by atoms with Gasteiger partial charge >= 0.3 is 6.03 Å². The van der Waals surface area contributed by atoms with Crippen molar-refractivity contribution in [3.8, 4) is 0 Å². The first-order valence-electron chi connectivity index (χ1n) is 4.72. The van der Waals surface area contributed by atoms with Crippen LogP contribution < -0.4 is 5.32 Å². The second-order valence-corrected chi connectivity index (χ2v) is 3.78. The Morgan fingerprint density at radius 1 is 1.62 bits per heavy atom. The van der Waals surface area contributed by atoms with Crippen LogP contribution in [-0.2, 0) is 0 Å². The van der Waals surface area contributed by atoms with Crippen LogP contribution in [0.3, 0.4) is 0 Å². The first-order valence-corrected chi connectivity index (χ1v) is 4.72. The Bertz CT molecular complexity index is 225. The summed E-state index contributed by atoms with van der Waals surface area (Å²) in [6.07, 6.45) is 0.866. The molecule has 1 aliphatic rings. The highest BCUT2D eigenvalue weighted by atomic mass is 16.2. The number of hydrogen-bond donors (Lipinski definition) is 2. The lowest BCUT2D eigenvalue weighted by Gasteiger charge is -2.22. The second-order valence-electron chi connectivity index (χ2n) is 3.78. The van der Waals surface area contributed by atoms with Crippen LogP contribution in [0.1, 0.15) is 27.2 Å². The number of amides is 2. The van der Waals surface area contributed by atoms with Gasteiger partial charge in [0.2, 0.25) is 0 Å². The normalized spacial score (nSPS) is 22.8. The molecule has 0 aromatic rings. The first-order chi connectivity index (χ1) is 6.06. The van der Waals surface area contributed by atoms with Gasteiger partial charge in [-0.2, -0.15) is 0 Å². The fourth-order valence-corrected chi connectivity index (χ4v) is 1.62. The van der Waals surface area contributed by atoms with Crippen molar-refractivity contribution in [1.82, 2.24) is 10.2 Å². The summed E-state index contributed by atoms with van der Waals surface area (Å²) in [6, 6.07) is -0.157. The van der Waals surface area contributed by atoms with E-state index in [1.54, 1.807) is 4.90 Å². The van der Waals surface area contributed by atoms with E-state index >= 15 is 0 Å². The van der Waals surface area contributed by atoms with E-state index < -0.39 is 0 Å². The van der Waals surface area contributed by atoms with Crippen LogP contribution in [0.25, 0.3) is 0 Å². The summed E-state index contributed by atoms with van der Waals surface area (Å²) in [4.78, 5) is 13.0. The zero-order valence-electron chi connectivity index (χ0n) is 8.42. The summed E-state index contributed by atoms with van der Waals surface area (Å²) in [5.41, 5.74) is 0. The molecule has 1 saturated heterocycles. The van der Waals surface area contributed by atoms with Gasteiger partial charge < -0.3 is 4.90 Å². The average Bonchev–Trinajstić information content (AvgIpc) is 2.26. The molecule has 2 N–H and O–H groups in total. The minimum absolute atomic E-state index is 0.0301. The molecule has 4 nitrogen and oxygen atoms in total. The van der Waals surface area contributed by atoms with Gasteiger partial charge in [-0.3, -0.25) is 10.7 Å². The first kappa shape index (κ1) is 10.0. The largest absolute Gasteiger partial charge is 0.323 e. The highest BCUT2D eigenvalue weighted by Gasteiger charge is 2.34. The molecule has 13 heavy (non-hydrogen) atoms. The second kappa shape index (κ2) is 3.77. The lowest BCUT2D eigenvalue weighted by Crippen LogP contribution is -2.35. The van der Waals surface area contributed by atoms with Gasteiger partial charge in [0.05, 0.1) is 6.04 Å². The van der Waals surface area contributed by atoms with Crippen LogP contribution in [0.15, 0.2) is 0 Å². The van der Waals surface area contributed by atoms with Crippen molar-refractivity contribution in [2.24, 2.45) is 5.92 Å². The highest BCUT2D eigenvalue weighted by molar-refractivity contribution is 6.05. The predicted octanol–water partition coefficient (Wildman–Crippen LogP) is 1.42. The van der Waals surface area contributed by atoms with Crippen molar-refractivity contribution >= 4 is 11.9 Å². The van der Waals surface area contributed by atoms with Crippen molar-refractivity contribution in [2.45, 2.75) is 33.2 Å². The third-order valence-corrected chi connectivity index (χ3v) is 2.25. The highest BCUT2D eigenvalue weighted by Crippen LogP contribution is 2.16. The number of nitrogens with zero attached hydrogens (tertiary/aromatic N) is 1. The van der Waals surface area contributed by atoms with Crippen LogP contribution in [0.2, 0.25) is 0 Å². The molecule has 1 atom stereocenters. The molecule has 1 aliphatic heterocycles. The Labute approximate surface area is 78.8 Å². The molecule has 0 aromatic heterocycles. The topological polar surface area (TPSA) is 56.2 Å². The fourth-order valence-electron chi connectivity index (χ4n) is 1.62. The number of amidine groups is 1. The van der Waals surface area contributed by atoms with Gasteiger partial charge in [0.25, 0.3) is 0 Å². The molecule has 74 valence electrons. The van der Waals surface area contributed by atoms with Crippen molar-refractivity contribution in [2.75, 3.05) is 6.54 Å². The van der Waals surface area contributed by atoms with E-state index in [1.165, 1.54) is 0 Å². The van der Waals surface area contributed by atoms with Gasteiger partial charge in [0.15, 0.2) is 0 Å². The van der Waals surface area contributed by atoms with Crippen LogP contribution in [0, 0.1) is 11.3 Å². The molecule has 1 heterocycles. The number of likely N-dealkylation sites (N-methyl/N-ethyl adjacent to an activating group) is 1. The molecular weight excluding hydrogens is 166 g/mol. The van der Waals surface area contributed by atoms with Crippen LogP contribution in [-0.4, -0.2) is 29.4 Å². The smallest absolute Gasteiger partial charge is 0.315 e. The molecule has 0 radical (unpaired) electrons. The van der Waals surface area contributed by atoms with E-state index in [9.17, 15) is 4.79 Å². The molecule has 4 heteroatoms. The summed E-state index contributed by atoms with van der Waals surface area (Å²) < 4.78 is 0. The summed E-state index contributed by atoms with van der Waals surface area (Å²) >= 11 is 0. The van der Waals surface area contributed by atoms with E-state index in [2.05, 4.69) is 19.2 Å². The Kier molecular flexibility index (Phi) is 2.90. The molecule has 0 aliphatic carbocycles. The number of urea groups is 1. The Balaban J connectivity index is 2.69. The zero-order chi connectivity index (χ0) is 10.0. The van der Waals surface area contributed by atoms with Gasteiger partial charge in [-0.1, -0.05) is 13.8 Å². The molecule has 0 saturated carbocycles. The van der Waals surface area contributed by atoms with E-state index in [1.807, 2.05) is 6.92 Å². The zero-order valence-corrected chi connectivity index (χ0v) is 8.42. The monoisotopic (exact) mass is 183 g/mol. The van der Waals surface area contributed by atoms with Gasteiger partial charge in [-0.05, 0) is 19.3 Å². The molecule has 0 spiro atoms. The molecule has 1 fully saturated rings. The molecule has 0 aromatic carbocycles. The van der Waals surface area contributed by atoms with E-state index in [-0.39, 0.29) is 12.1 Å². The lowest BCUT2D eigenvalue weighted by atomic mass is 10.0. The van der Waals surface area contributed by atoms with E-state index in [0.29, 0.717) is 18.3 Å². The Morgan fingerprint density at radius 3 is 2.69 bits per heavy atom. The predicted molar refractivity (Wildman–Crippen MR) is 51.9 cm³/mol. The van der Waals surface area contributed by atoms with E-state index in [4.69, 9.17) is 5.41 Å². The van der Waals surface area contributed by atoms with Gasteiger partial charge in [0, 0.05) is 6.54 Å².